The van der Waals surface area contributed by atoms with Crippen LogP contribution in [0.3, 0.4) is 0 Å². The van der Waals surface area contributed by atoms with Crippen LogP contribution in [0.15, 0.2) is 52.5 Å². The summed E-state index contributed by atoms with van der Waals surface area (Å²) in [7, 11) is 1.01. The van der Waals surface area contributed by atoms with E-state index in [9.17, 15) is 54.6 Å². The minimum Gasteiger partial charge on any atom is -0.505 e. The number of carbonyl (C=O) groups is 5. The second kappa shape index (κ2) is 17.5. The highest BCUT2D eigenvalue weighted by atomic mass is 16.7. The number of ether oxygens (including phenoxy) is 5. The standard InChI is InChI=1S/C42H53NO16/c1-17-13-12-14-41(9,53)37(49)21(5)31(47)28(40(52)55-11)36(59-24(8)45)22(6)38(50)42(10,54)15-18(2)33-27-25-26(30(46)20(4)34(27)57-16-56-33)32(48)29(43-39(17)51)19(3)35(25)58-23(7)44/h12-15,21-22,28,31,36-38,47-50,53-54H,16H2,1-11H3,(H,43,51)/t21-,22+,28+,31+,36+,37-,38+,41+,42-/m0/s1. The van der Waals surface area contributed by atoms with Crippen molar-refractivity contribution in [2.75, 3.05) is 19.2 Å². The molecule has 4 aliphatic rings. The normalized spacial score (nSPS) is 30.7. The van der Waals surface area contributed by atoms with Gasteiger partial charge in [-0.15, -0.1) is 0 Å². The Morgan fingerprint density at radius 3 is 2.03 bits per heavy atom. The van der Waals surface area contributed by atoms with E-state index in [4.69, 9.17) is 23.7 Å². The van der Waals surface area contributed by atoms with Crippen LogP contribution in [0.5, 0.6) is 11.5 Å². The average Bonchev–Trinajstić information content (AvgIpc) is 3.16. The molecule has 17 heteroatoms. The first-order valence-electron chi connectivity index (χ1n) is 18.8. The second-order valence-corrected chi connectivity index (χ2v) is 15.6. The Balaban J connectivity index is 2.12. The van der Waals surface area contributed by atoms with Gasteiger partial charge in [-0.2, -0.15) is 0 Å². The van der Waals surface area contributed by atoms with Gasteiger partial charge in [-0.1, -0.05) is 32.1 Å². The molecular formula is C42H53NO16. The number of allylic oxidation sites excluding steroid dienone is 5. The number of ketones is 1. The number of anilines is 1. The van der Waals surface area contributed by atoms with Crippen LogP contribution in [0.1, 0.15) is 83.8 Å². The van der Waals surface area contributed by atoms with Crippen molar-refractivity contribution in [3.63, 3.8) is 0 Å². The van der Waals surface area contributed by atoms with Crippen LogP contribution in [0.2, 0.25) is 0 Å². The van der Waals surface area contributed by atoms with Gasteiger partial charge in [0.05, 0.1) is 42.2 Å². The average molecular weight is 828 g/mol. The van der Waals surface area contributed by atoms with E-state index in [1.165, 1.54) is 73.6 Å². The molecule has 0 radical (unpaired) electrons. The van der Waals surface area contributed by atoms with Crippen LogP contribution in [0.25, 0.3) is 5.57 Å². The van der Waals surface area contributed by atoms with Gasteiger partial charge < -0.3 is 59.6 Å². The molecule has 17 nitrogen and oxygen atoms in total. The van der Waals surface area contributed by atoms with Crippen molar-refractivity contribution in [1.82, 2.24) is 0 Å². The van der Waals surface area contributed by atoms with Crippen molar-refractivity contribution >= 4 is 40.9 Å². The van der Waals surface area contributed by atoms with Gasteiger partial charge in [0.25, 0.3) is 5.91 Å². The SMILES string of the molecule is COC(=O)[C@@H]1[C@H](O)[C@H](C)[C@H](O)[C@](C)(O)C=CC=C(C)C(=O)Nc2c(C)c(OC(C)=O)c3c(c2O)C(=O)C(C)=C2OCOC(=C23)C(C)=C[C@](C)(O)[C@H](O)[C@H](C)[C@H]1OC(C)=O. The summed E-state index contributed by atoms with van der Waals surface area (Å²) in [6.45, 7) is 12.5. The lowest BCUT2D eigenvalue weighted by molar-refractivity contribution is -0.183. The van der Waals surface area contributed by atoms with E-state index < -0.39 is 95.5 Å². The summed E-state index contributed by atoms with van der Waals surface area (Å²) in [5.41, 5.74) is -5.03. The molecule has 0 aromatic heterocycles. The molecule has 1 aromatic rings. The fraction of sp³-hybridized carbons (Fsp3) is 0.500. The van der Waals surface area contributed by atoms with E-state index in [2.05, 4.69) is 5.32 Å². The molecule has 0 spiro atoms. The molecule has 0 fully saturated rings. The van der Waals surface area contributed by atoms with Crippen LogP contribution in [-0.2, 0) is 38.1 Å². The summed E-state index contributed by atoms with van der Waals surface area (Å²) in [6.07, 6.45) is -2.49. The van der Waals surface area contributed by atoms with Crippen molar-refractivity contribution in [1.29, 1.82) is 0 Å². The highest BCUT2D eigenvalue weighted by molar-refractivity contribution is 6.21. The first-order chi connectivity index (χ1) is 27.3. The van der Waals surface area contributed by atoms with Crippen molar-refractivity contribution in [3.05, 3.63) is 69.2 Å². The summed E-state index contributed by atoms with van der Waals surface area (Å²) in [5, 5.41) is 72.5. The molecule has 3 heterocycles. The summed E-state index contributed by atoms with van der Waals surface area (Å²) < 4.78 is 27.9. The number of aliphatic hydroxyl groups is 5. The third kappa shape index (κ3) is 8.99. The number of nitrogens with one attached hydrogen (secondary N) is 1. The fourth-order valence-corrected chi connectivity index (χ4v) is 7.66. The van der Waals surface area contributed by atoms with E-state index in [-0.39, 0.29) is 61.9 Å². The first kappa shape index (κ1) is 46.4. The Labute approximate surface area is 341 Å². The molecule has 59 heavy (non-hydrogen) atoms. The lowest BCUT2D eigenvalue weighted by Crippen LogP contribution is -2.55. The molecule has 9 atom stereocenters. The fourth-order valence-electron chi connectivity index (χ4n) is 7.66. The first-order valence-corrected chi connectivity index (χ1v) is 18.8. The highest BCUT2D eigenvalue weighted by Gasteiger charge is 2.50. The molecule has 4 bridgehead atoms. The minimum absolute atomic E-state index is 0.00133. The van der Waals surface area contributed by atoms with Gasteiger partial charge >= 0.3 is 17.9 Å². The van der Waals surface area contributed by atoms with Gasteiger partial charge in [-0.25, -0.2) is 0 Å². The lowest BCUT2D eigenvalue weighted by atomic mass is 9.74. The number of esters is 3. The van der Waals surface area contributed by atoms with Crippen LogP contribution < -0.4 is 10.1 Å². The third-order valence-corrected chi connectivity index (χ3v) is 10.9. The number of carbonyl (C=O) groups excluding carboxylic acids is 5. The second-order valence-electron chi connectivity index (χ2n) is 15.6. The molecule has 1 aliphatic carbocycles. The van der Waals surface area contributed by atoms with Crippen molar-refractivity contribution in [2.45, 2.75) is 105 Å². The van der Waals surface area contributed by atoms with E-state index >= 15 is 0 Å². The van der Waals surface area contributed by atoms with Gasteiger partial charge in [0.1, 0.15) is 40.5 Å². The monoisotopic (exact) mass is 827 g/mol. The number of amides is 1. The van der Waals surface area contributed by atoms with E-state index in [0.717, 1.165) is 27.0 Å². The number of benzene rings is 1. The van der Waals surface area contributed by atoms with Gasteiger partial charge in [-0.3, -0.25) is 24.0 Å². The molecule has 0 saturated carbocycles. The predicted octanol–water partition coefficient (Wildman–Crippen LogP) is 2.79. The molecule has 0 unspecified atom stereocenters. The maximum atomic E-state index is 14.0. The van der Waals surface area contributed by atoms with Crippen LogP contribution in [0.4, 0.5) is 5.69 Å². The summed E-state index contributed by atoms with van der Waals surface area (Å²) in [6, 6.07) is 0. The zero-order valence-corrected chi connectivity index (χ0v) is 34.8. The van der Waals surface area contributed by atoms with E-state index in [1.807, 2.05) is 0 Å². The summed E-state index contributed by atoms with van der Waals surface area (Å²) in [5.74, 6) is -9.89. The Kier molecular flexibility index (Phi) is 13.7. The van der Waals surface area contributed by atoms with Gasteiger partial charge in [0.2, 0.25) is 6.79 Å². The number of aliphatic hydroxyl groups excluding tert-OH is 3. The number of hydrogen-bond acceptors (Lipinski definition) is 16. The predicted molar refractivity (Wildman–Crippen MR) is 209 cm³/mol. The van der Waals surface area contributed by atoms with E-state index in [1.54, 1.807) is 0 Å². The molecule has 1 amide bonds. The quantitative estimate of drug-likeness (QED) is 0.131. The van der Waals surface area contributed by atoms with Crippen molar-refractivity contribution in [2.24, 2.45) is 17.8 Å². The lowest BCUT2D eigenvalue weighted by Gasteiger charge is -2.41. The molecule has 322 valence electrons. The Hall–Kier alpha value is -5.33. The molecule has 0 saturated heterocycles. The molecular weight excluding hydrogens is 774 g/mol. The number of fused-ring (bicyclic) bond motifs is 14. The number of methoxy groups -OCH3 is 1. The zero-order chi connectivity index (χ0) is 44.6. The number of hydrogen-bond donors (Lipinski definition) is 7. The zero-order valence-electron chi connectivity index (χ0n) is 34.8. The van der Waals surface area contributed by atoms with Gasteiger partial charge in [0.15, 0.2) is 11.5 Å². The van der Waals surface area contributed by atoms with Crippen LogP contribution in [-0.4, -0.2) is 110 Å². The molecule has 7 N–H and O–H groups in total. The van der Waals surface area contributed by atoms with Crippen LogP contribution in [0, 0.1) is 24.7 Å². The number of rotatable bonds is 3. The largest absolute Gasteiger partial charge is 0.505 e. The van der Waals surface area contributed by atoms with E-state index in [0.29, 0.717) is 0 Å². The Morgan fingerprint density at radius 1 is 0.864 bits per heavy atom. The number of phenols is 1. The van der Waals surface area contributed by atoms with Gasteiger partial charge in [0, 0.05) is 48.0 Å². The highest BCUT2D eigenvalue weighted by Crippen LogP contribution is 2.53. The molecule has 5 rings (SSSR count). The number of aromatic hydroxyl groups is 1. The number of Topliss-reactive ketones (excluding diaryl/α,β-unsaturated/α-hetero) is 1. The van der Waals surface area contributed by atoms with Crippen molar-refractivity contribution in [3.8, 4) is 11.5 Å². The third-order valence-electron chi connectivity index (χ3n) is 10.9. The van der Waals surface area contributed by atoms with Gasteiger partial charge in [-0.05, 0) is 53.2 Å². The minimum atomic E-state index is -2.26. The molecule has 1 aromatic carbocycles. The smallest absolute Gasteiger partial charge is 0.315 e. The summed E-state index contributed by atoms with van der Waals surface area (Å²) >= 11 is 0. The summed E-state index contributed by atoms with van der Waals surface area (Å²) in [4.78, 5) is 66.1. The topological polar surface area (TPSA) is 265 Å². The van der Waals surface area contributed by atoms with Crippen LogP contribution >= 0.6 is 0 Å². The maximum absolute atomic E-state index is 14.0. The van der Waals surface area contributed by atoms with Crippen molar-refractivity contribution < 1.29 is 78.3 Å². The number of phenolic OH excluding ortho intramolecular Hbond substituents is 1. The molecule has 3 aliphatic heterocycles. The Bertz CT molecular complexity index is 2090. The Morgan fingerprint density at radius 2 is 1.46 bits per heavy atom. The maximum Gasteiger partial charge on any atom is 0.315 e.